The van der Waals surface area contributed by atoms with Crippen LogP contribution < -0.4 is 5.73 Å². The molecule has 1 amide bonds. The van der Waals surface area contributed by atoms with Crippen molar-refractivity contribution >= 4 is 5.91 Å². The van der Waals surface area contributed by atoms with Crippen molar-refractivity contribution < 1.29 is 9.53 Å². The van der Waals surface area contributed by atoms with Crippen molar-refractivity contribution in [3.05, 3.63) is 0 Å². The van der Waals surface area contributed by atoms with Crippen LogP contribution in [0.5, 0.6) is 0 Å². The Bertz CT molecular complexity index is 318. The van der Waals surface area contributed by atoms with Crippen molar-refractivity contribution in [2.45, 2.75) is 70.5 Å². The van der Waals surface area contributed by atoms with Gasteiger partial charge < -0.3 is 15.4 Å². The molecule has 1 atom stereocenters. The smallest absolute Gasteiger partial charge is 0.251 e. The van der Waals surface area contributed by atoms with Gasteiger partial charge in [0.25, 0.3) is 5.91 Å². The van der Waals surface area contributed by atoms with E-state index < -0.39 is 0 Å². The zero-order chi connectivity index (χ0) is 14.6. The van der Waals surface area contributed by atoms with Crippen LogP contribution >= 0.6 is 0 Å². The second kappa shape index (κ2) is 6.90. The molecule has 4 heteroatoms. The molecule has 1 saturated heterocycles. The molecule has 0 aromatic rings. The van der Waals surface area contributed by atoms with Crippen LogP contribution in [0, 0.1) is 5.92 Å². The topological polar surface area (TPSA) is 55.6 Å². The van der Waals surface area contributed by atoms with E-state index in [-0.39, 0.29) is 17.6 Å². The Morgan fingerprint density at radius 1 is 1.30 bits per heavy atom. The molecule has 1 aliphatic heterocycles. The molecule has 1 aliphatic carbocycles. The molecule has 0 radical (unpaired) electrons. The zero-order valence-corrected chi connectivity index (χ0v) is 13.1. The molecule has 1 heterocycles. The zero-order valence-electron chi connectivity index (χ0n) is 13.1. The Morgan fingerprint density at radius 2 is 1.90 bits per heavy atom. The summed E-state index contributed by atoms with van der Waals surface area (Å²) >= 11 is 0. The van der Waals surface area contributed by atoms with Gasteiger partial charge >= 0.3 is 0 Å². The van der Waals surface area contributed by atoms with Crippen molar-refractivity contribution in [3.8, 4) is 0 Å². The minimum absolute atomic E-state index is 0.149. The molecule has 116 valence electrons. The quantitative estimate of drug-likeness (QED) is 0.861. The van der Waals surface area contributed by atoms with E-state index in [1.807, 2.05) is 11.8 Å². The lowest BCUT2D eigenvalue weighted by Gasteiger charge is -2.41. The molecule has 0 aromatic carbocycles. The van der Waals surface area contributed by atoms with Crippen molar-refractivity contribution in [1.29, 1.82) is 0 Å². The maximum Gasteiger partial charge on any atom is 0.251 e. The number of nitrogens with two attached hydrogens (primary N) is 1. The van der Waals surface area contributed by atoms with E-state index in [0.29, 0.717) is 6.54 Å². The molecule has 2 rings (SSSR count). The first-order valence-electron chi connectivity index (χ1n) is 8.23. The van der Waals surface area contributed by atoms with Crippen LogP contribution in [0.25, 0.3) is 0 Å². The number of ether oxygens (including phenoxy) is 1. The highest BCUT2D eigenvalue weighted by atomic mass is 16.5. The number of nitrogens with zero attached hydrogens (tertiary/aromatic N) is 1. The molecule has 1 saturated carbocycles. The average Bonchev–Trinajstić information content (AvgIpc) is 2.50. The summed E-state index contributed by atoms with van der Waals surface area (Å²) in [5.74, 6) is 0.905. The summed E-state index contributed by atoms with van der Waals surface area (Å²) in [5, 5.41) is 0. The maximum absolute atomic E-state index is 12.5. The van der Waals surface area contributed by atoms with Gasteiger partial charge in [-0.25, -0.2) is 0 Å². The number of hydrogen-bond donors (Lipinski definition) is 1. The number of piperidine rings is 1. The molecular weight excluding hydrogens is 252 g/mol. The fraction of sp³-hybridized carbons (Fsp3) is 0.938. The summed E-state index contributed by atoms with van der Waals surface area (Å²) in [6, 6.07) is 0. The summed E-state index contributed by atoms with van der Waals surface area (Å²) in [7, 11) is 0. The number of carbonyl (C=O) groups is 1. The Balaban J connectivity index is 1.91. The van der Waals surface area contributed by atoms with Crippen LogP contribution in [0.4, 0.5) is 0 Å². The van der Waals surface area contributed by atoms with E-state index in [1.54, 1.807) is 0 Å². The molecule has 0 bridgehead atoms. The van der Waals surface area contributed by atoms with Crippen LogP contribution in [0.1, 0.15) is 58.8 Å². The second-order valence-corrected chi connectivity index (χ2v) is 6.72. The van der Waals surface area contributed by atoms with Gasteiger partial charge in [0.15, 0.2) is 0 Å². The minimum atomic E-state index is -0.356. The highest BCUT2D eigenvalue weighted by Gasteiger charge is 2.37. The number of amides is 1. The van der Waals surface area contributed by atoms with Gasteiger partial charge in [0.05, 0.1) is 5.60 Å². The van der Waals surface area contributed by atoms with Gasteiger partial charge in [-0.2, -0.15) is 0 Å². The number of rotatable bonds is 4. The van der Waals surface area contributed by atoms with E-state index >= 15 is 0 Å². The third kappa shape index (κ3) is 3.73. The molecular formula is C16H30N2O2. The predicted octanol–water partition coefficient (Wildman–Crippen LogP) is 2.31. The fourth-order valence-corrected chi connectivity index (χ4v) is 3.46. The lowest BCUT2D eigenvalue weighted by molar-refractivity contribution is -0.160. The van der Waals surface area contributed by atoms with E-state index in [1.165, 1.54) is 6.42 Å². The molecule has 2 fully saturated rings. The van der Waals surface area contributed by atoms with Crippen LogP contribution in [0.15, 0.2) is 0 Å². The Morgan fingerprint density at radius 3 is 2.45 bits per heavy atom. The normalized spacial score (nSPS) is 33.0. The molecule has 2 N–H and O–H groups in total. The molecule has 1 unspecified atom stereocenters. The van der Waals surface area contributed by atoms with Gasteiger partial charge in [0.2, 0.25) is 0 Å². The van der Waals surface area contributed by atoms with Crippen LogP contribution in [-0.4, -0.2) is 42.1 Å². The highest BCUT2D eigenvalue weighted by molar-refractivity contribution is 5.80. The Hall–Kier alpha value is -0.610. The summed E-state index contributed by atoms with van der Waals surface area (Å²) in [5.41, 5.74) is 5.69. The predicted molar refractivity (Wildman–Crippen MR) is 80.4 cm³/mol. The first-order chi connectivity index (χ1) is 9.56. The lowest BCUT2D eigenvalue weighted by atomic mass is 9.79. The second-order valence-electron chi connectivity index (χ2n) is 6.72. The van der Waals surface area contributed by atoms with Gasteiger partial charge in [0.1, 0.15) is 6.10 Å². The average molecular weight is 282 g/mol. The van der Waals surface area contributed by atoms with Crippen LogP contribution in [0.3, 0.4) is 0 Å². The van der Waals surface area contributed by atoms with Gasteiger partial charge in [0, 0.05) is 19.6 Å². The number of likely N-dealkylation sites (tertiary alicyclic amines) is 1. The third-order valence-corrected chi connectivity index (χ3v) is 5.00. The first-order valence-corrected chi connectivity index (χ1v) is 8.23. The van der Waals surface area contributed by atoms with E-state index in [9.17, 15) is 4.79 Å². The molecule has 0 aromatic heterocycles. The van der Waals surface area contributed by atoms with Crippen molar-refractivity contribution in [1.82, 2.24) is 4.90 Å². The molecule has 4 nitrogen and oxygen atoms in total. The fourth-order valence-electron chi connectivity index (χ4n) is 3.46. The van der Waals surface area contributed by atoms with Gasteiger partial charge in [-0.05, 0) is 57.8 Å². The summed E-state index contributed by atoms with van der Waals surface area (Å²) in [6.07, 6.45) is 7.42. The minimum Gasteiger partial charge on any atom is -0.361 e. The monoisotopic (exact) mass is 282 g/mol. The maximum atomic E-state index is 12.5. The van der Waals surface area contributed by atoms with Crippen molar-refractivity contribution in [3.63, 3.8) is 0 Å². The summed E-state index contributed by atoms with van der Waals surface area (Å²) < 4.78 is 6.18. The van der Waals surface area contributed by atoms with Gasteiger partial charge in [-0.15, -0.1) is 0 Å². The van der Waals surface area contributed by atoms with Crippen LogP contribution in [0.2, 0.25) is 0 Å². The molecule has 20 heavy (non-hydrogen) atoms. The lowest BCUT2D eigenvalue weighted by Crippen LogP contribution is -2.50. The SMILES string of the molecule is CC1CCC(CN)(OC(C)C(=O)N2CCCCC2)CC1. The standard InChI is InChI=1S/C16H30N2O2/c1-13-6-8-16(12-17,9-7-13)20-14(2)15(19)18-10-4-3-5-11-18/h13-14H,3-12,17H2,1-2H3. The van der Waals surface area contributed by atoms with Gasteiger partial charge in [-0.3, -0.25) is 4.79 Å². The highest BCUT2D eigenvalue weighted by Crippen LogP contribution is 2.35. The Kier molecular flexibility index (Phi) is 5.44. The third-order valence-electron chi connectivity index (χ3n) is 5.00. The first kappa shape index (κ1) is 15.8. The van der Waals surface area contributed by atoms with E-state index in [2.05, 4.69) is 6.92 Å². The van der Waals surface area contributed by atoms with Crippen molar-refractivity contribution in [2.75, 3.05) is 19.6 Å². The van der Waals surface area contributed by atoms with E-state index in [4.69, 9.17) is 10.5 Å². The number of hydrogen-bond acceptors (Lipinski definition) is 3. The largest absolute Gasteiger partial charge is 0.361 e. The summed E-state index contributed by atoms with van der Waals surface area (Å²) in [6.45, 7) is 6.48. The number of carbonyl (C=O) groups excluding carboxylic acids is 1. The van der Waals surface area contributed by atoms with Gasteiger partial charge in [-0.1, -0.05) is 6.92 Å². The molecule has 0 spiro atoms. The Labute approximate surface area is 123 Å². The summed E-state index contributed by atoms with van der Waals surface area (Å²) in [4.78, 5) is 14.4. The molecule has 2 aliphatic rings. The van der Waals surface area contributed by atoms with E-state index in [0.717, 1.165) is 57.5 Å². The van der Waals surface area contributed by atoms with Crippen LogP contribution in [-0.2, 0) is 9.53 Å². The van der Waals surface area contributed by atoms with Crippen molar-refractivity contribution in [2.24, 2.45) is 11.7 Å².